The molecule has 0 unspecified atom stereocenters. The third-order valence-corrected chi connectivity index (χ3v) is 3.85. The van der Waals surface area contributed by atoms with Gasteiger partial charge in [-0.1, -0.05) is 25.1 Å². The predicted octanol–water partition coefficient (Wildman–Crippen LogP) is 2.59. The van der Waals surface area contributed by atoms with E-state index >= 15 is 0 Å². The number of rotatable bonds is 6. The van der Waals surface area contributed by atoms with Crippen LogP contribution in [-0.4, -0.2) is 19.5 Å². The molecule has 26 heavy (non-hydrogen) atoms. The second-order valence-corrected chi connectivity index (χ2v) is 5.72. The molecule has 2 aromatic carbocycles. The summed E-state index contributed by atoms with van der Waals surface area (Å²) in [7, 11) is 1.61. The minimum atomic E-state index is -0.701. The molecule has 0 fully saturated rings. The zero-order chi connectivity index (χ0) is 19.3. The van der Waals surface area contributed by atoms with Crippen LogP contribution in [0.4, 0.5) is 14.5 Å². The fraction of sp³-hybridized carbons (Fsp3) is 0.211. The average molecular weight is 360 g/mol. The molecule has 0 bridgehead atoms. The van der Waals surface area contributed by atoms with Gasteiger partial charge in [-0.05, 0) is 24.1 Å². The van der Waals surface area contributed by atoms with Gasteiger partial charge in [-0.15, -0.1) is 0 Å². The summed E-state index contributed by atoms with van der Waals surface area (Å²) in [6, 6.07) is 8.18. The van der Waals surface area contributed by atoms with Crippen LogP contribution in [0.25, 0.3) is 16.8 Å². The smallest absolute Gasteiger partial charge is 0.269 e. The highest BCUT2D eigenvalue weighted by Gasteiger charge is 2.17. The van der Waals surface area contributed by atoms with E-state index in [0.29, 0.717) is 28.9 Å². The van der Waals surface area contributed by atoms with Gasteiger partial charge in [0, 0.05) is 36.5 Å². The lowest BCUT2D eigenvalue weighted by atomic mass is 9.97. The third-order valence-electron chi connectivity index (χ3n) is 3.85. The number of carbonyl (C=O) groups is 1. The van der Waals surface area contributed by atoms with E-state index in [2.05, 4.69) is 10.6 Å². The number of hydrogen-bond acceptors (Lipinski definition) is 4. The zero-order valence-corrected chi connectivity index (χ0v) is 14.7. The van der Waals surface area contributed by atoms with Crippen molar-refractivity contribution in [3.63, 3.8) is 0 Å². The Kier molecular flexibility index (Phi) is 6.16. The van der Waals surface area contributed by atoms with Crippen molar-refractivity contribution in [2.75, 3.05) is 19.3 Å². The van der Waals surface area contributed by atoms with Crippen molar-refractivity contribution in [3.05, 3.63) is 59.3 Å². The normalized spacial score (nSPS) is 11.7. The largest absolute Gasteiger partial charge is 0.398 e. The van der Waals surface area contributed by atoms with Crippen molar-refractivity contribution in [1.82, 2.24) is 10.6 Å². The Bertz CT molecular complexity index is 829. The van der Waals surface area contributed by atoms with Gasteiger partial charge >= 0.3 is 0 Å². The van der Waals surface area contributed by atoms with Gasteiger partial charge in [0.25, 0.3) is 5.91 Å². The molecule has 0 radical (unpaired) electrons. The topological polar surface area (TPSA) is 93.2 Å². The van der Waals surface area contributed by atoms with E-state index in [0.717, 1.165) is 12.5 Å². The van der Waals surface area contributed by atoms with Crippen molar-refractivity contribution in [2.24, 2.45) is 5.73 Å². The molecule has 1 amide bonds. The van der Waals surface area contributed by atoms with E-state index in [1.807, 2.05) is 6.92 Å². The third kappa shape index (κ3) is 4.11. The number of nitrogens with one attached hydrogen (secondary N) is 2. The minimum absolute atomic E-state index is 0.0183. The number of anilines is 1. The van der Waals surface area contributed by atoms with Crippen LogP contribution in [0, 0.1) is 11.6 Å². The maximum Gasteiger partial charge on any atom is 0.269 e. The summed E-state index contributed by atoms with van der Waals surface area (Å²) in [4.78, 5) is 12.2. The summed E-state index contributed by atoms with van der Waals surface area (Å²) < 4.78 is 27.1. The zero-order valence-electron chi connectivity index (χ0n) is 14.7. The number of hydrogen-bond donors (Lipinski definition) is 4. The van der Waals surface area contributed by atoms with Crippen LogP contribution in [-0.2, 0) is 4.79 Å². The Hall–Kier alpha value is -3.09. The lowest BCUT2D eigenvalue weighted by molar-refractivity contribution is -0.117. The lowest BCUT2D eigenvalue weighted by Gasteiger charge is -2.16. The van der Waals surface area contributed by atoms with Crippen molar-refractivity contribution < 1.29 is 13.6 Å². The van der Waals surface area contributed by atoms with Crippen LogP contribution in [0.15, 0.2) is 42.1 Å². The molecule has 0 saturated carbocycles. The van der Waals surface area contributed by atoms with Gasteiger partial charge in [0.2, 0.25) is 0 Å². The van der Waals surface area contributed by atoms with E-state index in [1.165, 1.54) is 12.1 Å². The fourth-order valence-corrected chi connectivity index (χ4v) is 2.61. The quantitative estimate of drug-likeness (QED) is 0.471. The molecular weight excluding hydrogens is 338 g/mol. The number of carbonyl (C=O) groups excluding carboxylic acids is 1. The molecule has 138 valence electrons. The monoisotopic (exact) mass is 360 g/mol. The Morgan fingerprint density at radius 1 is 1.15 bits per heavy atom. The molecule has 0 spiro atoms. The first-order valence-electron chi connectivity index (χ1n) is 8.20. The second-order valence-electron chi connectivity index (χ2n) is 5.72. The summed E-state index contributed by atoms with van der Waals surface area (Å²) in [6.07, 6.45) is 0.774. The standard InChI is InChI=1S/C19H22F2N4O/c1-3-7-25-19(26)17(23)18(24-2)15-6-4-5-14(16(15)22)11-8-12(20)10-13(21)9-11/h4-6,8-10,24H,3,7,22-23H2,1-2H3,(H,25,26)/b18-17+. The maximum atomic E-state index is 13.5. The first-order valence-corrected chi connectivity index (χ1v) is 8.20. The van der Waals surface area contributed by atoms with Crippen molar-refractivity contribution in [1.29, 1.82) is 0 Å². The molecule has 0 aromatic heterocycles. The second kappa shape index (κ2) is 8.33. The highest BCUT2D eigenvalue weighted by Crippen LogP contribution is 2.32. The van der Waals surface area contributed by atoms with Crippen LogP contribution < -0.4 is 22.1 Å². The summed E-state index contributed by atoms with van der Waals surface area (Å²) in [5.74, 6) is -1.82. The summed E-state index contributed by atoms with van der Waals surface area (Å²) in [5, 5.41) is 5.58. The SMILES string of the molecule is CCCNC(=O)/C(N)=C(\NC)c1cccc(-c2cc(F)cc(F)c2)c1N. The van der Waals surface area contributed by atoms with Crippen molar-refractivity contribution >= 4 is 17.3 Å². The number of benzene rings is 2. The molecule has 7 heteroatoms. The van der Waals surface area contributed by atoms with Crippen molar-refractivity contribution in [2.45, 2.75) is 13.3 Å². The number of para-hydroxylation sites is 1. The van der Waals surface area contributed by atoms with Crippen LogP contribution in [0.3, 0.4) is 0 Å². The summed E-state index contributed by atoms with van der Waals surface area (Å²) >= 11 is 0. The molecule has 5 nitrogen and oxygen atoms in total. The predicted molar refractivity (Wildman–Crippen MR) is 99.7 cm³/mol. The van der Waals surface area contributed by atoms with E-state index in [1.54, 1.807) is 25.2 Å². The Balaban J connectivity index is 2.54. The number of nitrogens with two attached hydrogens (primary N) is 2. The van der Waals surface area contributed by atoms with E-state index in [-0.39, 0.29) is 11.4 Å². The van der Waals surface area contributed by atoms with Crippen LogP contribution in [0.2, 0.25) is 0 Å². The highest BCUT2D eigenvalue weighted by molar-refractivity contribution is 6.01. The minimum Gasteiger partial charge on any atom is -0.398 e. The fourth-order valence-electron chi connectivity index (χ4n) is 2.61. The molecule has 0 aliphatic heterocycles. The van der Waals surface area contributed by atoms with Gasteiger partial charge < -0.3 is 22.1 Å². The molecule has 0 heterocycles. The highest BCUT2D eigenvalue weighted by atomic mass is 19.1. The van der Waals surface area contributed by atoms with Gasteiger partial charge in [0.15, 0.2) is 0 Å². The molecule has 2 aromatic rings. The van der Waals surface area contributed by atoms with Gasteiger partial charge in [0.1, 0.15) is 17.3 Å². The number of nitrogen functional groups attached to an aromatic ring is 1. The molecule has 0 atom stereocenters. The first-order chi connectivity index (χ1) is 12.4. The molecule has 0 saturated heterocycles. The Morgan fingerprint density at radius 3 is 2.38 bits per heavy atom. The molecule has 0 aliphatic rings. The average Bonchev–Trinajstić information content (AvgIpc) is 2.60. The van der Waals surface area contributed by atoms with Gasteiger partial charge in [-0.2, -0.15) is 0 Å². The Morgan fingerprint density at radius 2 is 1.81 bits per heavy atom. The number of amides is 1. The molecule has 2 rings (SSSR count). The van der Waals surface area contributed by atoms with E-state index in [9.17, 15) is 13.6 Å². The summed E-state index contributed by atoms with van der Waals surface area (Å²) in [6.45, 7) is 2.42. The lowest BCUT2D eigenvalue weighted by Crippen LogP contribution is -2.32. The van der Waals surface area contributed by atoms with E-state index in [4.69, 9.17) is 11.5 Å². The van der Waals surface area contributed by atoms with Crippen LogP contribution in [0.1, 0.15) is 18.9 Å². The van der Waals surface area contributed by atoms with Gasteiger partial charge in [-0.25, -0.2) is 8.78 Å². The van der Waals surface area contributed by atoms with E-state index < -0.39 is 17.5 Å². The van der Waals surface area contributed by atoms with Gasteiger partial charge in [-0.3, -0.25) is 4.79 Å². The molecule has 6 N–H and O–H groups in total. The maximum absolute atomic E-state index is 13.5. The van der Waals surface area contributed by atoms with Crippen LogP contribution >= 0.6 is 0 Å². The Labute approximate surface area is 151 Å². The van der Waals surface area contributed by atoms with Gasteiger partial charge in [0.05, 0.1) is 5.70 Å². The first kappa shape index (κ1) is 19.2. The van der Waals surface area contributed by atoms with Crippen molar-refractivity contribution in [3.8, 4) is 11.1 Å². The molecular formula is C19H22F2N4O. The van der Waals surface area contributed by atoms with Crippen LogP contribution in [0.5, 0.6) is 0 Å². The molecule has 0 aliphatic carbocycles. The summed E-state index contributed by atoms with van der Waals surface area (Å²) in [5.41, 5.74) is 14.0. The number of halogens is 2.